The molecule has 4 heteroatoms. The van der Waals surface area contributed by atoms with Crippen LogP contribution in [0.15, 0.2) is 0 Å². The molecule has 10 heavy (non-hydrogen) atoms. The molecule has 56 valence electrons. The highest BCUT2D eigenvalue weighted by molar-refractivity contribution is 5.32. The van der Waals surface area contributed by atoms with Crippen molar-refractivity contribution in [3.63, 3.8) is 0 Å². The van der Waals surface area contributed by atoms with Crippen LogP contribution in [0.5, 0.6) is 0 Å². The summed E-state index contributed by atoms with van der Waals surface area (Å²) in [6.07, 6.45) is 2.20. The van der Waals surface area contributed by atoms with E-state index >= 15 is 0 Å². The second-order valence-electron chi connectivity index (χ2n) is 1.88. The van der Waals surface area contributed by atoms with Crippen molar-refractivity contribution in [3.05, 3.63) is 0 Å². The van der Waals surface area contributed by atoms with Gasteiger partial charge in [0.05, 0.1) is 12.1 Å². The molecule has 0 aliphatic carbocycles. The predicted octanol–water partition coefficient (Wildman–Crippen LogP) is -0.0372. The Hall–Kier alpha value is -1.08. The highest BCUT2D eigenvalue weighted by atomic mass is 16.3. The largest absolute Gasteiger partial charge is 0.483 e. The molecular weight excluding hydrogens is 132 g/mol. The maximum absolute atomic E-state index is 8.36. The van der Waals surface area contributed by atoms with Gasteiger partial charge in [0.2, 0.25) is 0 Å². The molecule has 0 saturated carbocycles. The summed E-state index contributed by atoms with van der Waals surface area (Å²) in [5.41, 5.74) is 0. The fraction of sp³-hybridized carbons (Fsp3) is 0.667. The van der Waals surface area contributed by atoms with Gasteiger partial charge in [0.1, 0.15) is 0 Å². The average Bonchev–Trinajstić information content (AvgIpc) is 2.39. The lowest BCUT2D eigenvalue weighted by atomic mass is 10.2. The van der Waals surface area contributed by atoms with Crippen LogP contribution in [0, 0.1) is 11.3 Å². The first kappa shape index (κ1) is 8.92. The molecule has 2 N–H and O–H groups in total. The first-order chi connectivity index (χ1) is 4.85. The van der Waals surface area contributed by atoms with Gasteiger partial charge in [0.15, 0.2) is 0 Å². The monoisotopic (exact) mass is 142 g/mol. The average molecular weight is 142 g/mol. The van der Waals surface area contributed by atoms with Gasteiger partial charge in [-0.2, -0.15) is 5.26 Å². The van der Waals surface area contributed by atoms with Gasteiger partial charge in [-0.05, 0) is 19.4 Å². The second-order valence-corrected chi connectivity index (χ2v) is 1.88. The molecule has 1 rings (SSSR count). The third-order valence-electron chi connectivity index (χ3n) is 1.22. The van der Waals surface area contributed by atoms with Crippen molar-refractivity contribution >= 4 is 6.47 Å². The summed E-state index contributed by atoms with van der Waals surface area (Å²) in [6, 6.07) is 2.31. The van der Waals surface area contributed by atoms with E-state index in [1.807, 2.05) is 0 Å². The lowest BCUT2D eigenvalue weighted by Gasteiger charge is -1.91. The first-order valence-corrected chi connectivity index (χ1v) is 3.06. The van der Waals surface area contributed by atoms with Gasteiger partial charge in [-0.3, -0.25) is 4.79 Å². The molecule has 0 aromatic rings. The Morgan fingerprint density at radius 2 is 2.40 bits per heavy atom. The minimum absolute atomic E-state index is 0.153. The Morgan fingerprint density at radius 3 is 2.60 bits per heavy atom. The van der Waals surface area contributed by atoms with E-state index in [-0.39, 0.29) is 12.5 Å². The third kappa shape index (κ3) is 3.87. The van der Waals surface area contributed by atoms with Crippen LogP contribution in [-0.4, -0.2) is 24.2 Å². The van der Waals surface area contributed by atoms with E-state index in [9.17, 15) is 0 Å². The molecular formula is C6H10N2O2. The normalized spacial score (nSPS) is 22.1. The molecule has 1 heterocycles. The summed E-state index contributed by atoms with van der Waals surface area (Å²) >= 11 is 0. The SMILES string of the molecule is N#CC1CCCN1.O=CO. The quantitative estimate of drug-likeness (QED) is 0.465. The number of rotatable bonds is 0. The molecule has 0 aromatic carbocycles. The number of nitrogens with zero attached hydrogens (tertiary/aromatic N) is 1. The summed E-state index contributed by atoms with van der Waals surface area (Å²) < 4.78 is 0. The zero-order valence-electron chi connectivity index (χ0n) is 5.58. The number of hydrogen-bond donors (Lipinski definition) is 2. The molecule has 1 fully saturated rings. The fourth-order valence-corrected chi connectivity index (χ4v) is 0.795. The maximum Gasteiger partial charge on any atom is 0.290 e. The fourth-order valence-electron chi connectivity index (χ4n) is 0.795. The number of hydrogen-bond acceptors (Lipinski definition) is 3. The van der Waals surface area contributed by atoms with E-state index < -0.39 is 0 Å². The van der Waals surface area contributed by atoms with E-state index in [0.717, 1.165) is 19.4 Å². The molecule has 1 aliphatic rings. The number of nitriles is 1. The van der Waals surface area contributed by atoms with Crippen LogP contribution in [0.4, 0.5) is 0 Å². The standard InChI is InChI=1S/C5H8N2.CH2O2/c6-4-5-2-1-3-7-5;2-1-3/h5,7H,1-3H2;1H,(H,2,3). The smallest absolute Gasteiger partial charge is 0.290 e. The summed E-state index contributed by atoms with van der Waals surface area (Å²) in [5.74, 6) is 0. The van der Waals surface area contributed by atoms with Crippen molar-refractivity contribution in [3.8, 4) is 6.07 Å². The second kappa shape index (κ2) is 6.05. The van der Waals surface area contributed by atoms with E-state index in [4.69, 9.17) is 15.2 Å². The molecule has 0 bridgehead atoms. The molecule has 0 aromatic heterocycles. The molecule has 4 nitrogen and oxygen atoms in total. The summed E-state index contributed by atoms with van der Waals surface area (Å²) in [7, 11) is 0. The van der Waals surface area contributed by atoms with Gasteiger partial charge in [-0.15, -0.1) is 0 Å². The van der Waals surface area contributed by atoms with Crippen molar-refractivity contribution in [2.24, 2.45) is 0 Å². The Bertz CT molecular complexity index is 124. The number of nitrogens with one attached hydrogen (secondary N) is 1. The topological polar surface area (TPSA) is 73.1 Å². The highest BCUT2D eigenvalue weighted by Crippen LogP contribution is 2.01. The Labute approximate surface area is 59.5 Å². The van der Waals surface area contributed by atoms with E-state index in [2.05, 4.69) is 11.4 Å². The van der Waals surface area contributed by atoms with Crippen molar-refractivity contribution in [1.29, 1.82) is 5.26 Å². The van der Waals surface area contributed by atoms with Crippen LogP contribution in [0.2, 0.25) is 0 Å². The maximum atomic E-state index is 8.36. The Kier molecular flexibility index (Phi) is 5.39. The minimum atomic E-state index is -0.250. The van der Waals surface area contributed by atoms with Crippen LogP contribution in [0.25, 0.3) is 0 Å². The van der Waals surface area contributed by atoms with Crippen molar-refractivity contribution in [2.45, 2.75) is 18.9 Å². The first-order valence-electron chi connectivity index (χ1n) is 3.06. The molecule has 1 saturated heterocycles. The third-order valence-corrected chi connectivity index (χ3v) is 1.22. The Balaban J connectivity index is 0.000000236. The van der Waals surface area contributed by atoms with Crippen LogP contribution < -0.4 is 5.32 Å². The lowest BCUT2D eigenvalue weighted by Crippen LogP contribution is -2.18. The molecule has 0 amide bonds. The van der Waals surface area contributed by atoms with Crippen LogP contribution in [0.1, 0.15) is 12.8 Å². The zero-order valence-corrected chi connectivity index (χ0v) is 5.58. The summed E-state index contributed by atoms with van der Waals surface area (Å²) in [5, 5.41) is 18.2. The lowest BCUT2D eigenvalue weighted by molar-refractivity contribution is -0.122. The zero-order chi connectivity index (χ0) is 7.82. The number of carboxylic acid groups (broad SMARTS) is 1. The molecule has 1 aliphatic heterocycles. The van der Waals surface area contributed by atoms with Crippen molar-refractivity contribution in [2.75, 3.05) is 6.54 Å². The molecule has 1 unspecified atom stereocenters. The molecule has 1 atom stereocenters. The van der Waals surface area contributed by atoms with Crippen LogP contribution >= 0.6 is 0 Å². The van der Waals surface area contributed by atoms with Gasteiger partial charge in [0.25, 0.3) is 6.47 Å². The van der Waals surface area contributed by atoms with Crippen LogP contribution in [-0.2, 0) is 4.79 Å². The van der Waals surface area contributed by atoms with Gasteiger partial charge >= 0.3 is 0 Å². The van der Waals surface area contributed by atoms with E-state index in [0.29, 0.717) is 0 Å². The Morgan fingerprint density at radius 1 is 1.80 bits per heavy atom. The minimum Gasteiger partial charge on any atom is -0.483 e. The van der Waals surface area contributed by atoms with E-state index in [1.165, 1.54) is 0 Å². The van der Waals surface area contributed by atoms with Crippen molar-refractivity contribution < 1.29 is 9.90 Å². The van der Waals surface area contributed by atoms with Gasteiger partial charge in [0, 0.05) is 0 Å². The molecule has 0 radical (unpaired) electrons. The summed E-state index contributed by atoms with van der Waals surface area (Å²) in [4.78, 5) is 8.36. The number of carbonyl (C=O) groups is 1. The van der Waals surface area contributed by atoms with Gasteiger partial charge in [-0.1, -0.05) is 0 Å². The highest BCUT2D eigenvalue weighted by Gasteiger charge is 2.10. The summed E-state index contributed by atoms with van der Waals surface area (Å²) in [6.45, 7) is 0.776. The van der Waals surface area contributed by atoms with Gasteiger partial charge in [-0.25, -0.2) is 0 Å². The van der Waals surface area contributed by atoms with Crippen molar-refractivity contribution in [1.82, 2.24) is 5.32 Å². The molecule has 0 spiro atoms. The predicted molar refractivity (Wildman–Crippen MR) is 35.3 cm³/mol. The van der Waals surface area contributed by atoms with Gasteiger partial charge < -0.3 is 10.4 Å². The van der Waals surface area contributed by atoms with E-state index in [1.54, 1.807) is 0 Å². The van der Waals surface area contributed by atoms with Crippen LogP contribution in [0.3, 0.4) is 0 Å².